The Morgan fingerprint density at radius 1 is 1.22 bits per heavy atom. The molecule has 0 aliphatic heterocycles. The Bertz CT molecular complexity index is 539. The number of carbonyl (C=O) groups is 1. The van der Waals surface area contributed by atoms with Crippen molar-refractivity contribution >= 4 is 23.5 Å². The van der Waals surface area contributed by atoms with Crippen molar-refractivity contribution in [3.05, 3.63) is 34.9 Å². The number of halogens is 1. The van der Waals surface area contributed by atoms with Gasteiger partial charge >= 0.3 is 0 Å². The van der Waals surface area contributed by atoms with Crippen molar-refractivity contribution in [2.24, 2.45) is 10.7 Å². The largest absolute Gasteiger partial charge is 0.370 e. The second kappa shape index (κ2) is 9.40. The first-order valence-electron chi connectivity index (χ1n) is 8.26. The molecule has 23 heavy (non-hydrogen) atoms. The minimum atomic E-state index is -0.193. The van der Waals surface area contributed by atoms with Crippen molar-refractivity contribution in [2.75, 3.05) is 13.1 Å². The molecule has 5 nitrogen and oxygen atoms in total. The Labute approximate surface area is 142 Å². The van der Waals surface area contributed by atoms with Crippen LogP contribution >= 0.6 is 11.6 Å². The van der Waals surface area contributed by atoms with Crippen molar-refractivity contribution in [2.45, 2.75) is 44.6 Å². The number of carbonyl (C=O) groups excluding carboxylic acids is 1. The molecule has 2 rings (SSSR count). The van der Waals surface area contributed by atoms with E-state index in [1.165, 1.54) is 25.7 Å². The van der Waals surface area contributed by atoms with Crippen molar-refractivity contribution in [3.63, 3.8) is 0 Å². The number of benzene rings is 1. The summed E-state index contributed by atoms with van der Waals surface area (Å²) < 4.78 is 0. The average molecular weight is 337 g/mol. The van der Waals surface area contributed by atoms with Gasteiger partial charge in [-0.1, -0.05) is 49.4 Å². The van der Waals surface area contributed by atoms with Crippen molar-refractivity contribution in [1.29, 1.82) is 0 Å². The van der Waals surface area contributed by atoms with Crippen LogP contribution in [0.2, 0.25) is 5.02 Å². The summed E-state index contributed by atoms with van der Waals surface area (Å²) in [5.74, 6) is 0.269. The molecule has 0 radical (unpaired) electrons. The van der Waals surface area contributed by atoms with E-state index in [9.17, 15) is 4.79 Å². The zero-order valence-corrected chi connectivity index (χ0v) is 14.1. The van der Waals surface area contributed by atoms with Crippen LogP contribution in [0.15, 0.2) is 29.3 Å². The highest BCUT2D eigenvalue weighted by atomic mass is 35.5. The fourth-order valence-electron chi connectivity index (χ4n) is 2.76. The van der Waals surface area contributed by atoms with Crippen LogP contribution in [-0.2, 0) is 0 Å². The summed E-state index contributed by atoms with van der Waals surface area (Å²) in [6.07, 6.45) is 7.42. The normalized spacial score (nSPS) is 16.7. The van der Waals surface area contributed by atoms with Gasteiger partial charge in [0.05, 0.1) is 17.1 Å². The summed E-state index contributed by atoms with van der Waals surface area (Å²) in [7, 11) is 0. The van der Waals surface area contributed by atoms with Gasteiger partial charge in [0, 0.05) is 12.6 Å². The van der Waals surface area contributed by atoms with E-state index in [0.717, 1.165) is 12.8 Å². The SMILES string of the molecule is NC(=NCCNC(=O)c1ccccc1Cl)NC1CCCCCC1. The molecule has 1 amide bonds. The molecule has 1 aliphatic rings. The second-order valence-electron chi connectivity index (χ2n) is 5.84. The molecule has 1 fully saturated rings. The van der Waals surface area contributed by atoms with Gasteiger partial charge in [0.15, 0.2) is 5.96 Å². The molecule has 1 aliphatic carbocycles. The summed E-state index contributed by atoms with van der Waals surface area (Å²) in [5.41, 5.74) is 6.39. The van der Waals surface area contributed by atoms with Crippen molar-refractivity contribution < 1.29 is 4.79 Å². The molecule has 6 heteroatoms. The molecule has 0 bridgehead atoms. The predicted molar refractivity (Wildman–Crippen MR) is 94.9 cm³/mol. The molecule has 0 heterocycles. The van der Waals surface area contributed by atoms with E-state index in [2.05, 4.69) is 15.6 Å². The van der Waals surface area contributed by atoms with Crippen LogP contribution in [0.4, 0.5) is 0 Å². The van der Waals surface area contributed by atoms with Gasteiger partial charge in [-0.2, -0.15) is 0 Å². The van der Waals surface area contributed by atoms with Crippen LogP contribution in [0.1, 0.15) is 48.9 Å². The van der Waals surface area contributed by atoms with E-state index in [1.54, 1.807) is 24.3 Å². The van der Waals surface area contributed by atoms with Gasteiger partial charge in [0.1, 0.15) is 0 Å². The first kappa shape index (κ1) is 17.6. The van der Waals surface area contributed by atoms with Gasteiger partial charge in [0.2, 0.25) is 0 Å². The number of hydrogen-bond acceptors (Lipinski definition) is 2. The number of aliphatic imine (C=N–C) groups is 1. The van der Waals surface area contributed by atoms with Gasteiger partial charge in [-0.05, 0) is 25.0 Å². The van der Waals surface area contributed by atoms with Crippen molar-refractivity contribution in [3.8, 4) is 0 Å². The standard InChI is InChI=1S/C17H25ClN4O/c18-15-10-6-5-9-14(15)16(23)20-11-12-21-17(19)22-13-7-3-1-2-4-8-13/h5-6,9-10,13H,1-4,7-8,11-12H2,(H,20,23)(H3,19,21,22). The van der Waals surface area contributed by atoms with E-state index in [4.69, 9.17) is 17.3 Å². The number of hydrogen-bond donors (Lipinski definition) is 3. The lowest BCUT2D eigenvalue weighted by Crippen LogP contribution is -2.40. The quantitative estimate of drug-likeness (QED) is 0.335. The molecule has 1 aromatic carbocycles. The zero-order valence-electron chi connectivity index (χ0n) is 13.4. The topological polar surface area (TPSA) is 79.5 Å². The molecule has 126 valence electrons. The minimum absolute atomic E-state index is 0.193. The number of nitrogens with two attached hydrogens (primary N) is 1. The highest BCUT2D eigenvalue weighted by Gasteiger charge is 2.12. The van der Waals surface area contributed by atoms with Crippen molar-refractivity contribution in [1.82, 2.24) is 10.6 Å². The number of rotatable bonds is 5. The Kier molecular flexibility index (Phi) is 7.20. The Balaban J connectivity index is 1.71. The van der Waals surface area contributed by atoms with E-state index >= 15 is 0 Å². The number of guanidine groups is 1. The molecule has 4 N–H and O–H groups in total. The van der Waals surface area contributed by atoms with Crippen LogP contribution in [0.25, 0.3) is 0 Å². The third-order valence-electron chi connectivity index (χ3n) is 4.01. The minimum Gasteiger partial charge on any atom is -0.370 e. The Morgan fingerprint density at radius 2 is 1.91 bits per heavy atom. The van der Waals surface area contributed by atoms with E-state index < -0.39 is 0 Å². The lowest BCUT2D eigenvalue weighted by Gasteiger charge is -2.16. The summed E-state index contributed by atoms with van der Waals surface area (Å²) in [6, 6.07) is 7.40. The van der Waals surface area contributed by atoms with Crippen LogP contribution < -0.4 is 16.4 Å². The van der Waals surface area contributed by atoms with Crippen LogP contribution in [0.3, 0.4) is 0 Å². The predicted octanol–water partition coefficient (Wildman–Crippen LogP) is 2.70. The lowest BCUT2D eigenvalue weighted by molar-refractivity contribution is 0.0955. The summed E-state index contributed by atoms with van der Waals surface area (Å²) in [6.45, 7) is 0.874. The van der Waals surface area contributed by atoms with Crippen LogP contribution in [0, 0.1) is 0 Å². The fraction of sp³-hybridized carbons (Fsp3) is 0.529. The first-order valence-corrected chi connectivity index (χ1v) is 8.64. The maximum Gasteiger partial charge on any atom is 0.252 e. The molecule has 0 unspecified atom stereocenters. The van der Waals surface area contributed by atoms with Gasteiger partial charge in [-0.25, -0.2) is 0 Å². The highest BCUT2D eigenvalue weighted by Crippen LogP contribution is 2.17. The van der Waals surface area contributed by atoms with Gasteiger partial charge in [-0.15, -0.1) is 0 Å². The van der Waals surface area contributed by atoms with Crippen LogP contribution in [-0.4, -0.2) is 31.0 Å². The zero-order chi connectivity index (χ0) is 16.5. The lowest BCUT2D eigenvalue weighted by atomic mass is 10.1. The number of amides is 1. The maximum absolute atomic E-state index is 12.0. The number of nitrogens with zero attached hydrogens (tertiary/aromatic N) is 1. The molecule has 1 saturated carbocycles. The highest BCUT2D eigenvalue weighted by molar-refractivity contribution is 6.33. The monoisotopic (exact) mass is 336 g/mol. The first-order chi connectivity index (χ1) is 11.2. The molecule has 0 aromatic heterocycles. The van der Waals surface area contributed by atoms with Gasteiger partial charge in [-0.3, -0.25) is 9.79 Å². The Morgan fingerprint density at radius 3 is 2.61 bits per heavy atom. The van der Waals surface area contributed by atoms with Gasteiger partial charge < -0.3 is 16.4 Å². The summed E-state index contributed by atoms with van der Waals surface area (Å²) in [5, 5.41) is 6.52. The summed E-state index contributed by atoms with van der Waals surface area (Å²) >= 11 is 5.99. The van der Waals surface area contributed by atoms with E-state index in [1.807, 2.05) is 0 Å². The third kappa shape index (κ3) is 6.10. The van der Waals surface area contributed by atoms with Crippen LogP contribution in [0.5, 0.6) is 0 Å². The molecule has 1 aromatic rings. The Hall–Kier alpha value is -1.75. The fourth-order valence-corrected chi connectivity index (χ4v) is 2.99. The maximum atomic E-state index is 12.0. The number of nitrogens with one attached hydrogen (secondary N) is 2. The molecule has 0 saturated heterocycles. The average Bonchev–Trinajstić information content (AvgIpc) is 2.80. The smallest absolute Gasteiger partial charge is 0.252 e. The van der Waals surface area contributed by atoms with E-state index in [-0.39, 0.29) is 5.91 Å². The van der Waals surface area contributed by atoms with E-state index in [0.29, 0.717) is 35.7 Å². The summed E-state index contributed by atoms with van der Waals surface area (Å²) in [4.78, 5) is 16.2. The molecule has 0 atom stereocenters. The third-order valence-corrected chi connectivity index (χ3v) is 4.33. The second-order valence-corrected chi connectivity index (χ2v) is 6.24. The molecule has 0 spiro atoms. The van der Waals surface area contributed by atoms with Gasteiger partial charge in [0.25, 0.3) is 5.91 Å². The molecular weight excluding hydrogens is 312 g/mol. The molecular formula is C17H25ClN4O.